The summed E-state index contributed by atoms with van der Waals surface area (Å²) in [5.74, 6) is 0.681. The highest BCUT2D eigenvalue weighted by atomic mass is 16.3. The quantitative estimate of drug-likeness (QED) is 0.861. The van der Waals surface area contributed by atoms with Crippen molar-refractivity contribution < 1.29 is 9.21 Å². The molecule has 3 heteroatoms. The summed E-state index contributed by atoms with van der Waals surface area (Å²) in [6, 6.07) is 8.40. The molecule has 1 heterocycles. The van der Waals surface area contributed by atoms with Crippen molar-refractivity contribution in [3.63, 3.8) is 0 Å². The summed E-state index contributed by atoms with van der Waals surface area (Å²) in [5.41, 5.74) is 2.03. The summed E-state index contributed by atoms with van der Waals surface area (Å²) < 4.78 is 5.70. The molecular formula is C17H19NO2. The number of furan rings is 1. The molecule has 104 valence electrons. The van der Waals surface area contributed by atoms with Crippen molar-refractivity contribution in [3.05, 3.63) is 41.7 Å². The van der Waals surface area contributed by atoms with E-state index in [9.17, 15) is 4.79 Å². The fraction of sp³-hybridized carbons (Fsp3) is 0.353. The van der Waals surface area contributed by atoms with Crippen LogP contribution in [-0.2, 0) is 4.79 Å². The number of carbonyl (C=O) groups is 1. The van der Waals surface area contributed by atoms with Crippen molar-refractivity contribution >= 4 is 23.0 Å². The minimum Gasteiger partial charge on any atom is -0.457 e. The fourth-order valence-electron chi connectivity index (χ4n) is 2.72. The highest BCUT2D eigenvalue weighted by molar-refractivity contribution is 5.92. The summed E-state index contributed by atoms with van der Waals surface area (Å²) >= 11 is 0. The minimum absolute atomic E-state index is 0.0338. The van der Waals surface area contributed by atoms with E-state index < -0.39 is 0 Å². The molecule has 1 amide bonds. The first-order chi connectivity index (χ1) is 9.70. The first-order valence-electron chi connectivity index (χ1n) is 7.19. The van der Waals surface area contributed by atoms with E-state index in [0.717, 1.165) is 23.8 Å². The normalized spacial score (nSPS) is 16.2. The monoisotopic (exact) mass is 269 g/mol. The zero-order valence-electron chi connectivity index (χ0n) is 11.7. The van der Waals surface area contributed by atoms with E-state index in [1.807, 2.05) is 25.1 Å². The molecule has 1 fully saturated rings. The molecule has 1 saturated carbocycles. The zero-order chi connectivity index (χ0) is 13.9. The maximum atomic E-state index is 11.8. The van der Waals surface area contributed by atoms with Gasteiger partial charge in [-0.25, -0.2) is 0 Å². The van der Waals surface area contributed by atoms with Gasteiger partial charge in [0.25, 0.3) is 0 Å². The highest BCUT2D eigenvalue weighted by Gasteiger charge is 2.15. The maximum absolute atomic E-state index is 11.8. The van der Waals surface area contributed by atoms with Crippen LogP contribution in [0.25, 0.3) is 17.0 Å². The smallest absolute Gasteiger partial charge is 0.244 e. The molecule has 0 radical (unpaired) electrons. The number of rotatable bonds is 3. The third-order valence-electron chi connectivity index (χ3n) is 3.80. The minimum atomic E-state index is -0.0338. The van der Waals surface area contributed by atoms with Crippen LogP contribution in [-0.4, -0.2) is 11.9 Å². The Hall–Kier alpha value is -2.03. The number of carbonyl (C=O) groups excluding carboxylic acids is 1. The summed E-state index contributed by atoms with van der Waals surface area (Å²) in [7, 11) is 0. The van der Waals surface area contributed by atoms with E-state index in [2.05, 4.69) is 11.4 Å². The van der Waals surface area contributed by atoms with E-state index in [1.165, 1.54) is 18.4 Å². The topological polar surface area (TPSA) is 42.2 Å². The maximum Gasteiger partial charge on any atom is 0.244 e. The van der Waals surface area contributed by atoms with Gasteiger partial charge in [-0.05, 0) is 43.5 Å². The van der Waals surface area contributed by atoms with E-state index in [1.54, 1.807) is 12.2 Å². The second-order valence-corrected chi connectivity index (χ2v) is 5.51. The molecule has 3 rings (SSSR count). The number of benzene rings is 1. The van der Waals surface area contributed by atoms with Gasteiger partial charge >= 0.3 is 0 Å². The predicted molar refractivity (Wildman–Crippen MR) is 80.4 cm³/mol. The molecule has 0 unspecified atom stereocenters. The van der Waals surface area contributed by atoms with Gasteiger partial charge in [0.1, 0.15) is 11.3 Å². The van der Waals surface area contributed by atoms with Crippen LogP contribution in [0.4, 0.5) is 0 Å². The van der Waals surface area contributed by atoms with Crippen LogP contribution in [0, 0.1) is 6.92 Å². The SMILES string of the molecule is Cc1ccc2cc(/C=C/C(=O)NC3CCCC3)oc2c1. The number of aryl methyl sites for hydroxylation is 1. The van der Waals surface area contributed by atoms with Crippen LogP contribution in [0.15, 0.2) is 34.8 Å². The second-order valence-electron chi connectivity index (χ2n) is 5.51. The third kappa shape index (κ3) is 2.93. The Morgan fingerprint density at radius 1 is 1.30 bits per heavy atom. The Bertz CT molecular complexity index is 648. The van der Waals surface area contributed by atoms with E-state index in [0.29, 0.717) is 11.8 Å². The van der Waals surface area contributed by atoms with Crippen molar-refractivity contribution in [2.75, 3.05) is 0 Å². The Balaban J connectivity index is 1.68. The molecule has 1 aliphatic rings. The van der Waals surface area contributed by atoms with Gasteiger partial charge in [-0.15, -0.1) is 0 Å². The van der Waals surface area contributed by atoms with Crippen molar-refractivity contribution in [2.24, 2.45) is 0 Å². The number of hydrogen-bond acceptors (Lipinski definition) is 2. The van der Waals surface area contributed by atoms with Gasteiger partial charge in [0.05, 0.1) is 0 Å². The fourth-order valence-corrected chi connectivity index (χ4v) is 2.72. The largest absolute Gasteiger partial charge is 0.457 e. The summed E-state index contributed by atoms with van der Waals surface area (Å²) in [6.07, 6.45) is 7.94. The summed E-state index contributed by atoms with van der Waals surface area (Å²) in [4.78, 5) is 11.8. The molecule has 1 aromatic carbocycles. The first kappa shape index (κ1) is 13.0. The van der Waals surface area contributed by atoms with Crippen molar-refractivity contribution in [1.29, 1.82) is 0 Å². The molecule has 0 atom stereocenters. The van der Waals surface area contributed by atoms with Gasteiger partial charge in [-0.3, -0.25) is 4.79 Å². The molecule has 2 aromatic rings. The molecule has 1 aromatic heterocycles. The lowest BCUT2D eigenvalue weighted by atomic mass is 10.2. The predicted octanol–water partition coefficient (Wildman–Crippen LogP) is 3.81. The Morgan fingerprint density at radius 2 is 2.10 bits per heavy atom. The number of amides is 1. The van der Waals surface area contributed by atoms with Crippen LogP contribution in [0.5, 0.6) is 0 Å². The molecule has 1 N–H and O–H groups in total. The van der Waals surface area contributed by atoms with Crippen LogP contribution < -0.4 is 5.32 Å². The van der Waals surface area contributed by atoms with E-state index >= 15 is 0 Å². The number of nitrogens with one attached hydrogen (secondary N) is 1. The molecule has 0 saturated heterocycles. The first-order valence-corrected chi connectivity index (χ1v) is 7.19. The third-order valence-corrected chi connectivity index (χ3v) is 3.80. The van der Waals surface area contributed by atoms with E-state index in [-0.39, 0.29) is 5.91 Å². The van der Waals surface area contributed by atoms with Gasteiger partial charge in [0.2, 0.25) is 5.91 Å². The average Bonchev–Trinajstić information content (AvgIpc) is 3.04. The second kappa shape index (κ2) is 5.53. The van der Waals surface area contributed by atoms with Crippen LogP contribution in [0.3, 0.4) is 0 Å². The molecular weight excluding hydrogens is 250 g/mol. The summed E-state index contributed by atoms with van der Waals surface area (Å²) in [5, 5.41) is 4.09. The molecule has 0 aliphatic heterocycles. The van der Waals surface area contributed by atoms with Crippen molar-refractivity contribution in [2.45, 2.75) is 38.6 Å². The lowest BCUT2D eigenvalue weighted by Crippen LogP contribution is -2.30. The van der Waals surface area contributed by atoms with Crippen molar-refractivity contribution in [3.8, 4) is 0 Å². The van der Waals surface area contributed by atoms with Gasteiger partial charge in [0, 0.05) is 17.5 Å². The Kier molecular flexibility index (Phi) is 3.59. The average molecular weight is 269 g/mol. The van der Waals surface area contributed by atoms with Crippen molar-refractivity contribution in [1.82, 2.24) is 5.32 Å². The van der Waals surface area contributed by atoms with Crippen LogP contribution >= 0.6 is 0 Å². The summed E-state index contributed by atoms with van der Waals surface area (Å²) in [6.45, 7) is 2.03. The highest BCUT2D eigenvalue weighted by Crippen LogP contribution is 2.21. The number of fused-ring (bicyclic) bond motifs is 1. The molecule has 0 spiro atoms. The molecule has 1 aliphatic carbocycles. The van der Waals surface area contributed by atoms with Gasteiger partial charge in [-0.2, -0.15) is 0 Å². The zero-order valence-corrected chi connectivity index (χ0v) is 11.7. The Labute approximate surface area is 118 Å². The number of hydrogen-bond donors (Lipinski definition) is 1. The van der Waals surface area contributed by atoms with Gasteiger partial charge in [0.15, 0.2) is 0 Å². The standard InChI is InChI=1S/C17H19NO2/c1-12-6-7-13-11-15(20-16(13)10-12)8-9-17(19)18-14-4-2-3-5-14/h6-11,14H,2-5H2,1H3,(H,18,19)/b9-8+. The van der Waals surface area contributed by atoms with Gasteiger partial charge in [-0.1, -0.05) is 25.0 Å². The lowest BCUT2D eigenvalue weighted by molar-refractivity contribution is -0.117. The Morgan fingerprint density at radius 3 is 2.90 bits per heavy atom. The molecule has 3 nitrogen and oxygen atoms in total. The van der Waals surface area contributed by atoms with Crippen LogP contribution in [0.2, 0.25) is 0 Å². The van der Waals surface area contributed by atoms with Gasteiger partial charge < -0.3 is 9.73 Å². The van der Waals surface area contributed by atoms with Crippen LogP contribution in [0.1, 0.15) is 37.0 Å². The van der Waals surface area contributed by atoms with E-state index in [4.69, 9.17) is 4.42 Å². The lowest BCUT2D eigenvalue weighted by Gasteiger charge is -2.08. The molecule has 0 bridgehead atoms. The molecule has 20 heavy (non-hydrogen) atoms.